The Kier molecular flexibility index (Phi) is 5.81. The van der Waals surface area contributed by atoms with E-state index in [0.717, 1.165) is 5.56 Å². The summed E-state index contributed by atoms with van der Waals surface area (Å²) in [5.41, 5.74) is 1.11. The van der Waals surface area contributed by atoms with Gasteiger partial charge in [0.1, 0.15) is 17.4 Å². The standard InChI is InChI=1S/C16H19N3O3/c17-11-14(12-19-7-9-22-10-8-19)16(21)18-6-5-13-1-3-15(20)4-2-13/h1-4,12,20H,5-10H2,(H,18,21)/b14-12-. The van der Waals surface area contributed by atoms with Gasteiger partial charge in [0.05, 0.1) is 13.2 Å². The molecule has 1 aliphatic rings. The lowest BCUT2D eigenvalue weighted by Crippen LogP contribution is -2.34. The van der Waals surface area contributed by atoms with Crippen LogP contribution in [0.5, 0.6) is 5.75 Å². The average molecular weight is 301 g/mol. The number of nitrogens with zero attached hydrogens (tertiary/aromatic N) is 2. The van der Waals surface area contributed by atoms with Crippen LogP contribution in [-0.4, -0.2) is 48.8 Å². The molecule has 2 rings (SSSR count). The van der Waals surface area contributed by atoms with Crippen molar-refractivity contribution in [3.8, 4) is 11.8 Å². The van der Waals surface area contributed by atoms with Crippen LogP contribution in [0.15, 0.2) is 36.0 Å². The van der Waals surface area contributed by atoms with Gasteiger partial charge in [-0.1, -0.05) is 12.1 Å². The molecule has 0 atom stereocenters. The Morgan fingerprint density at radius 2 is 2.05 bits per heavy atom. The number of nitriles is 1. The van der Waals surface area contributed by atoms with Gasteiger partial charge in [0, 0.05) is 25.8 Å². The Morgan fingerprint density at radius 1 is 1.36 bits per heavy atom. The second kappa shape index (κ2) is 8.05. The number of hydrogen-bond acceptors (Lipinski definition) is 5. The van der Waals surface area contributed by atoms with Crippen LogP contribution < -0.4 is 5.32 Å². The number of phenols is 1. The zero-order valence-corrected chi connectivity index (χ0v) is 12.3. The number of morpholine rings is 1. The first-order valence-corrected chi connectivity index (χ1v) is 7.19. The van der Waals surface area contributed by atoms with E-state index in [0.29, 0.717) is 39.3 Å². The summed E-state index contributed by atoms with van der Waals surface area (Å²) in [6.45, 7) is 3.03. The van der Waals surface area contributed by atoms with Crippen molar-refractivity contribution < 1.29 is 14.6 Å². The number of carbonyl (C=O) groups excluding carboxylic acids is 1. The van der Waals surface area contributed by atoms with E-state index in [1.54, 1.807) is 30.5 Å². The maximum atomic E-state index is 12.0. The fraction of sp³-hybridized carbons (Fsp3) is 0.375. The van der Waals surface area contributed by atoms with Gasteiger partial charge in [-0.15, -0.1) is 0 Å². The monoisotopic (exact) mass is 301 g/mol. The molecule has 0 aliphatic carbocycles. The molecule has 6 nitrogen and oxygen atoms in total. The molecule has 0 bridgehead atoms. The zero-order valence-electron chi connectivity index (χ0n) is 12.3. The number of ether oxygens (including phenoxy) is 1. The third kappa shape index (κ3) is 4.79. The number of nitrogens with one attached hydrogen (secondary N) is 1. The van der Waals surface area contributed by atoms with E-state index in [1.807, 2.05) is 11.0 Å². The number of aromatic hydroxyl groups is 1. The fourth-order valence-electron chi connectivity index (χ4n) is 2.11. The first-order valence-electron chi connectivity index (χ1n) is 7.19. The molecular formula is C16H19N3O3. The summed E-state index contributed by atoms with van der Waals surface area (Å²) in [4.78, 5) is 13.9. The molecule has 0 radical (unpaired) electrons. The molecule has 116 valence electrons. The summed E-state index contributed by atoms with van der Waals surface area (Å²) in [7, 11) is 0. The van der Waals surface area contributed by atoms with Gasteiger partial charge < -0.3 is 20.1 Å². The maximum absolute atomic E-state index is 12.0. The summed E-state index contributed by atoms with van der Waals surface area (Å²) in [6, 6.07) is 8.76. The highest BCUT2D eigenvalue weighted by molar-refractivity contribution is 5.97. The summed E-state index contributed by atoms with van der Waals surface area (Å²) in [6.07, 6.45) is 2.24. The van der Waals surface area contributed by atoms with Crippen molar-refractivity contribution in [1.29, 1.82) is 5.26 Å². The molecule has 1 aromatic rings. The highest BCUT2D eigenvalue weighted by atomic mass is 16.5. The van der Waals surface area contributed by atoms with Crippen molar-refractivity contribution in [2.24, 2.45) is 0 Å². The van der Waals surface area contributed by atoms with Crippen LogP contribution in [0, 0.1) is 11.3 Å². The van der Waals surface area contributed by atoms with Crippen LogP contribution in [0.3, 0.4) is 0 Å². The van der Waals surface area contributed by atoms with Crippen molar-refractivity contribution in [2.75, 3.05) is 32.8 Å². The zero-order chi connectivity index (χ0) is 15.8. The smallest absolute Gasteiger partial charge is 0.263 e. The number of phenolic OH excluding ortho intramolecular Hbond substituents is 1. The first-order chi connectivity index (χ1) is 10.7. The van der Waals surface area contributed by atoms with E-state index in [2.05, 4.69) is 5.32 Å². The van der Waals surface area contributed by atoms with E-state index in [-0.39, 0.29) is 17.2 Å². The van der Waals surface area contributed by atoms with E-state index in [1.165, 1.54) is 0 Å². The summed E-state index contributed by atoms with van der Waals surface area (Å²) in [5.74, 6) is -0.152. The SMILES string of the molecule is N#C/C(=C/N1CCOCC1)C(=O)NCCc1ccc(O)cc1. The van der Waals surface area contributed by atoms with Crippen LogP contribution in [0.4, 0.5) is 0 Å². The Balaban J connectivity index is 1.83. The van der Waals surface area contributed by atoms with Gasteiger partial charge in [-0.2, -0.15) is 5.26 Å². The van der Waals surface area contributed by atoms with E-state index in [9.17, 15) is 9.90 Å². The third-order valence-corrected chi connectivity index (χ3v) is 3.36. The topological polar surface area (TPSA) is 85.6 Å². The minimum atomic E-state index is -0.368. The van der Waals surface area contributed by atoms with Crippen LogP contribution in [0.2, 0.25) is 0 Å². The van der Waals surface area contributed by atoms with Gasteiger partial charge in [-0.25, -0.2) is 0 Å². The van der Waals surface area contributed by atoms with Crippen LogP contribution in [0.1, 0.15) is 5.56 Å². The number of benzene rings is 1. The molecule has 0 aromatic heterocycles. The number of rotatable bonds is 5. The van der Waals surface area contributed by atoms with Crippen molar-refractivity contribution in [1.82, 2.24) is 10.2 Å². The van der Waals surface area contributed by atoms with Crippen LogP contribution >= 0.6 is 0 Å². The normalized spacial score (nSPS) is 15.2. The Morgan fingerprint density at radius 3 is 2.68 bits per heavy atom. The summed E-state index contributed by atoms with van der Waals surface area (Å²) < 4.78 is 5.23. The molecule has 0 spiro atoms. The minimum Gasteiger partial charge on any atom is -0.508 e. The van der Waals surface area contributed by atoms with Gasteiger partial charge >= 0.3 is 0 Å². The average Bonchev–Trinajstić information content (AvgIpc) is 2.55. The quantitative estimate of drug-likeness (QED) is 0.620. The molecule has 6 heteroatoms. The molecule has 0 unspecified atom stereocenters. The number of hydrogen-bond donors (Lipinski definition) is 2. The van der Waals surface area contributed by atoms with Crippen molar-refractivity contribution in [3.63, 3.8) is 0 Å². The second-order valence-corrected chi connectivity index (χ2v) is 4.98. The molecule has 0 saturated carbocycles. The lowest BCUT2D eigenvalue weighted by molar-refractivity contribution is -0.117. The van der Waals surface area contributed by atoms with Crippen molar-refractivity contribution in [3.05, 3.63) is 41.6 Å². The highest BCUT2D eigenvalue weighted by Gasteiger charge is 2.13. The molecule has 1 aromatic carbocycles. The molecule has 22 heavy (non-hydrogen) atoms. The Bertz CT molecular complexity index is 569. The Labute approximate surface area is 129 Å². The summed E-state index contributed by atoms with van der Waals surface area (Å²) >= 11 is 0. The van der Waals surface area contributed by atoms with Gasteiger partial charge in [-0.3, -0.25) is 4.79 Å². The molecule has 1 amide bonds. The predicted octanol–water partition coefficient (Wildman–Crippen LogP) is 0.791. The lowest BCUT2D eigenvalue weighted by atomic mass is 10.1. The molecule has 1 heterocycles. The van der Waals surface area contributed by atoms with Crippen LogP contribution in [-0.2, 0) is 16.0 Å². The highest BCUT2D eigenvalue weighted by Crippen LogP contribution is 2.09. The van der Waals surface area contributed by atoms with Crippen molar-refractivity contribution in [2.45, 2.75) is 6.42 Å². The molecule has 1 aliphatic heterocycles. The third-order valence-electron chi connectivity index (χ3n) is 3.36. The molecule has 2 N–H and O–H groups in total. The summed E-state index contributed by atoms with van der Waals surface area (Å²) in [5, 5.41) is 21.0. The molecule has 1 fully saturated rings. The van der Waals surface area contributed by atoms with Gasteiger partial charge in [-0.05, 0) is 24.1 Å². The van der Waals surface area contributed by atoms with Gasteiger partial charge in [0.2, 0.25) is 0 Å². The first kappa shape index (κ1) is 15.9. The Hall–Kier alpha value is -2.52. The lowest BCUT2D eigenvalue weighted by Gasteiger charge is -2.25. The van der Waals surface area contributed by atoms with E-state index in [4.69, 9.17) is 10.00 Å². The molecule has 1 saturated heterocycles. The predicted molar refractivity (Wildman–Crippen MR) is 80.9 cm³/mol. The van der Waals surface area contributed by atoms with E-state index >= 15 is 0 Å². The largest absolute Gasteiger partial charge is 0.508 e. The minimum absolute atomic E-state index is 0.104. The van der Waals surface area contributed by atoms with Crippen molar-refractivity contribution >= 4 is 5.91 Å². The van der Waals surface area contributed by atoms with Gasteiger partial charge in [0.15, 0.2) is 0 Å². The fourth-order valence-corrected chi connectivity index (χ4v) is 2.11. The maximum Gasteiger partial charge on any atom is 0.263 e. The second-order valence-electron chi connectivity index (χ2n) is 4.98. The molecular weight excluding hydrogens is 282 g/mol. The van der Waals surface area contributed by atoms with Crippen LogP contribution in [0.25, 0.3) is 0 Å². The van der Waals surface area contributed by atoms with E-state index < -0.39 is 0 Å². The number of amides is 1. The number of carbonyl (C=O) groups is 1. The van der Waals surface area contributed by atoms with Gasteiger partial charge in [0.25, 0.3) is 5.91 Å².